The van der Waals surface area contributed by atoms with Crippen molar-refractivity contribution < 1.29 is 0 Å². The van der Waals surface area contributed by atoms with Gasteiger partial charge < -0.3 is 11.1 Å². The fraction of sp³-hybridized carbons (Fsp3) is 0.125. The quantitative estimate of drug-likeness (QED) is 0.742. The zero-order valence-corrected chi connectivity index (χ0v) is 11.5. The second kappa shape index (κ2) is 4.81. The van der Waals surface area contributed by atoms with Gasteiger partial charge in [-0.2, -0.15) is 4.98 Å². The van der Waals surface area contributed by atoms with Crippen LogP contribution in [0.5, 0.6) is 0 Å². The minimum Gasteiger partial charge on any atom is -0.368 e. The molecule has 0 spiro atoms. The number of fused-ring (bicyclic) bond motifs is 1. The largest absolute Gasteiger partial charge is 0.368 e. The lowest BCUT2D eigenvalue weighted by molar-refractivity contribution is 1.23. The second-order valence-electron chi connectivity index (χ2n) is 4.89. The maximum Gasteiger partial charge on any atom is 0.222 e. The van der Waals surface area contributed by atoms with Crippen molar-refractivity contribution in [2.75, 3.05) is 11.1 Å². The molecule has 0 aliphatic rings. The van der Waals surface area contributed by atoms with Gasteiger partial charge in [-0.1, -0.05) is 29.8 Å². The van der Waals surface area contributed by atoms with Crippen LogP contribution in [0.2, 0.25) is 0 Å². The first kappa shape index (κ1) is 12.4. The lowest BCUT2D eigenvalue weighted by Crippen LogP contribution is -2.02. The van der Waals surface area contributed by atoms with E-state index in [-0.39, 0.29) is 5.95 Å². The number of nitrogens with one attached hydrogen (secondary N) is 1. The minimum atomic E-state index is 0.274. The number of para-hydroxylation sites is 1. The van der Waals surface area contributed by atoms with Crippen molar-refractivity contribution in [1.29, 1.82) is 0 Å². The highest BCUT2D eigenvalue weighted by Crippen LogP contribution is 2.26. The van der Waals surface area contributed by atoms with Gasteiger partial charge in [0.2, 0.25) is 5.95 Å². The van der Waals surface area contributed by atoms with E-state index >= 15 is 0 Å². The van der Waals surface area contributed by atoms with Crippen LogP contribution >= 0.6 is 0 Å². The van der Waals surface area contributed by atoms with Crippen LogP contribution in [0, 0.1) is 13.8 Å². The van der Waals surface area contributed by atoms with Crippen LogP contribution in [-0.2, 0) is 0 Å². The van der Waals surface area contributed by atoms with Crippen LogP contribution in [0.15, 0.2) is 42.5 Å². The number of nitrogen functional groups attached to an aromatic ring is 1. The number of hydrogen-bond acceptors (Lipinski definition) is 4. The van der Waals surface area contributed by atoms with Crippen LogP contribution in [-0.4, -0.2) is 9.97 Å². The molecular formula is C16H16N4. The molecule has 1 aromatic heterocycles. The molecule has 4 nitrogen and oxygen atoms in total. The van der Waals surface area contributed by atoms with E-state index in [4.69, 9.17) is 5.73 Å². The number of anilines is 3. The standard InChI is InChI=1S/C16H16N4/c1-10-7-8-13(11(2)9-10)18-15-12-5-3-4-6-14(12)19-16(17)20-15/h3-9H,1-2H3,(H3,17,18,19,20). The summed E-state index contributed by atoms with van der Waals surface area (Å²) >= 11 is 0. The van der Waals surface area contributed by atoms with Crippen LogP contribution in [0.1, 0.15) is 11.1 Å². The molecule has 100 valence electrons. The molecule has 0 unspecified atom stereocenters. The molecule has 3 aromatic rings. The molecule has 0 saturated carbocycles. The van der Waals surface area contributed by atoms with E-state index in [1.54, 1.807) is 0 Å². The Labute approximate surface area is 117 Å². The highest BCUT2D eigenvalue weighted by molar-refractivity contribution is 5.91. The van der Waals surface area contributed by atoms with Crippen LogP contribution < -0.4 is 11.1 Å². The number of rotatable bonds is 2. The fourth-order valence-electron chi connectivity index (χ4n) is 2.27. The van der Waals surface area contributed by atoms with Crippen molar-refractivity contribution in [3.05, 3.63) is 53.6 Å². The highest BCUT2D eigenvalue weighted by Gasteiger charge is 2.07. The van der Waals surface area contributed by atoms with Gasteiger partial charge in [0.25, 0.3) is 0 Å². The average molecular weight is 264 g/mol. The third kappa shape index (κ3) is 2.28. The summed E-state index contributed by atoms with van der Waals surface area (Å²) in [7, 11) is 0. The summed E-state index contributed by atoms with van der Waals surface area (Å²) in [6.45, 7) is 4.15. The molecule has 0 radical (unpaired) electrons. The Morgan fingerprint density at radius 1 is 1.00 bits per heavy atom. The van der Waals surface area contributed by atoms with E-state index in [9.17, 15) is 0 Å². The molecule has 20 heavy (non-hydrogen) atoms. The molecule has 1 heterocycles. The van der Waals surface area contributed by atoms with Crippen molar-refractivity contribution >= 4 is 28.4 Å². The maximum atomic E-state index is 5.78. The van der Waals surface area contributed by atoms with Gasteiger partial charge in [-0.3, -0.25) is 0 Å². The zero-order valence-electron chi connectivity index (χ0n) is 11.5. The van der Waals surface area contributed by atoms with Crippen LogP contribution in [0.25, 0.3) is 10.9 Å². The first-order valence-electron chi connectivity index (χ1n) is 6.50. The summed E-state index contributed by atoms with van der Waals surface area (Å²) < 4.78 is 0. The van der Waals surface area contributed by atoms with Crippen LogP contribution in [0.4, 0.5) is 17.5 Å². The Morgan fingerprint density at radius 2 is 1.80 bits per heavy atom. The van der Waals surface area contributed by atoms with Gasteiger partial charge in [0, 0.05) is 11.1 Å². The summed E-state index contributed by atoms with van der Waals surface area (Å²) in [5, 5.41) is 4.31. The number of aromatic nitrogens is 2. The van der Waals surface area contributed by atoms with Gasteiger partial charge in [0.05, 0.1) is 5.52 Å². The lowest BCUT2D eigenvalue weighted by atomic mass is 10.1. The van der Waals surface area contributed by atoms with Crippen LogP contribution in [0.3, 0.4) is 0 Å². The smallest absolute Gasteiger partial charge is 0.222 e. The van der Waals surface area contributed by atoms with Crippen molar-refractivity contribution in [1.82, 2.24) is 9.97 Å². The SMILES string of the molecule is Cc1ccc(Nc2nc(N)nc3ccccc23)c(C)c1. The minimum absolute atomic E-state index is 0.274. The van der Waals surface area contributed by atoms with Gasteiger partial charge in [-0.15, -0.1) is 0 Å². The summed E-state index contributed by atoms with van der Waals surface area (Å²) in [5.41, 5.74) is 10.1. The molecule has 0 aliphatic carbocycles. The maximum absolute atomic E-state index is 5.78. The lowest BCUT2D eigenvalue weighted by Gasteiger charge is -2.12. The predicted molar refractivity (Wildman–Crippen MR) is 83.1 cm³/mol. The fourth-order valence-corrected chi connectivity index (χ4v) is 2.27. The molecule has 3 N–H and O–H groups in total. The molecule has 2 aromatic carbocycles. The van der Waals surface area contributed by atoms with E-state index in [0.29, 0.717) is 0 Å². The van der Waals surface area contributed by atoms with Gasteiger partial charge in [-0.05, 0) is 37.6 Å². The molecule has 0 fully saturated rings. The third-order valence-electron chi connectivity index (χ3n) is 3.26. The normalized spacial score (nSPS) is 10.7. The number of aryl methyl sites for hydroxylation is 2. The first-order chi connectivity index (χ1) is 9.63. The number of nitrogens with zero attached hydrogens (tertiary/aromatic N) is 2. The Hall–Kier alpha value is -2.62. The van der Waals surface area contributed by atoms with Gasteiger partial charge in [-0.25, -0.2) is 4.98 Å². The predicted octanol–water partition coefficient (Wildman–Crippen LogP) is 3.57. The van der Waals surface area contributed by atoms with Gasteiger partial charge in [0.15, 0.2) is 0 Å². The molecule has 0 aliphatic heterocycles. The first-order valence-corrected chi connectivity index (χ1v) is 6.50. The Balaban J connectivity index is 2.10. The summed E-state index contributed by atoms with van der Waals surface area (Å²) in [6, 6.07) is 14.1. The Kier molecular flexibility index (Phi) is 2.99. The number of nitrogens with two attached hydrogens (primary N) is 1. The zero-order chi connectivity index (χ0) is 14.1. The Bertz CT molecular complexity index is 781. The molecule has 0 bridgehead atoms. The van der Waals surface area contributed by atoms with Crippen molar-refractivity contribution in [3.8, 4) is 0 Å². The monoisotopic (exact) mass is 264 g/mol. The molecule has 0 amide bonds. The summed E-state index contributed by atoms with van der Waals surface area (Å²) in [6.07, 6.45) is 0. The van der Waals surface area contributed by atoms with Crippen molar-refractivity contribution in [2.45, 2.75) is 13.8 Å². The van der Waals surface area contributed by atoms with E-state index < -0.39 is 0 Å². The van der Waals surface area contributed by atoms with Gasteiger partial charge in [0.1, 0.15) is 5.82 Å². The van der Waals surface area contributed by atoms with E-state index in [1.807, 2.05) is 24.3 Å². The molecular weight excluding hydrogens is 248 g/mol. The second-order valence-corrected chi connectivity index (χ2v) is 4.89. The van der Waals surface area contributed by atoms with Crippen molar-refractivity contribution in [3.63, 3.8) is 0 Å². The number of benzene rings is 2. The van der Waals surface area contributed by atoms with Crippen molar-refractivity contribution in [2.24, 2.45) is 0 Å². The molecule has 0 saturated heterocycles. The molecule has 4 heteroatoms. The third-order valence-corrected chi connectivity index (χ3v) is 3.26. The van der Waals surface area contributed by atoms with E-state index in [1.165, 1.54) is 11.1 Å². The number of hydrogen-bond donors (Lipinski definition) is 2. The summed E-state index contributed by atoms with van der Waals surface area (Å²) in [5.74, 6) is 1.01. The topological polar surface area (TPSA) is 63.8 Å². The molecule has 3 rings (SSSR count). The summed E-state index contributed by atoms with van der Waals surface area (Å²) in [4.78, 5) is 8.56. The van der Waals surface area contributed by atoms with E-state index in [0.717, 1.165) is 22.4 Å². The van der Waals surface area contributed by atoms with Gasteiger partial charge >= 0.3 is 0 Å². The Morgan fingerprint density at radius 3 is 2.60 bits per heavy atom. The highest BCUT2D eigenvalue weighted by atomic mass is 15.1. The van der Waals surface area contributed by atoms with E-state index in [2.05, 4.69) is 47.3 Å². The average Bonchev–Trinajstić information content (AvgIpc) is 2.41. The molecule has 0 atom stereocenters.